The summed E-state index contributed by atoms with van der Waals surface area (Å²) >= 11 is 0. The van der Waals surface area contributed by atoms with Crippen LogP contribution >= 0.6 is 0 Å². The van der Waals surface area contributed by atoms with Crippen LogP contribution in [0.4, 0.5) is 0 Å². The van der Waals surface area contributed by atoms with Crippen LogP contribution in [0, 0.1) is 0 Å². The summed E-state index contributed by atoms with van der Waals surface area (Å²) in [5.41, 5.74) is 1.17. The lowest BCUT2D eigenvalue weighted by Crippen LogP contribution is -2.34. The number of carbonyl (C=O) groups excluding carboxylic acids is 1. The highest BCUT2D eigenvalue weighted by atomic mass is 16.6. The highest BCUT2D eigenvalue weighted by Crippen LogP contribution is 2.19. The van der Waals surface area contributed by atoms with Crippen molar-refractivity contribution in [2.45, 2.75) is 18.9 Å². The summed E-state index contributed by atoms with van der Waals surface area (Å²) in [6, 6.07) is 7.81. The van der Waals surface area contributed by atoms with E-state index in [2.05, 4.69) is 0 Å². The molecule has 0 radical (unpaired) electrons. The summed E-state index contributed by atoms with van der Waals surface area (Å²) in [4.78, 5) is 10.6. The Kier molecular flexibility index (Phi) is 2.39. The van der Waals surface area contributed by atoms with Gasteiger partial charge in [0.15, 0.2) is 0 Å². The van der Waals surface area contributed by atoms with E-state index in [1.165, 1.54) is 5.56 Å². The maximum Gasteiger partial charge on any atom is 0.309 e. The van der Waals surface area contributed by atoms with Gasteiger partial charge < -0.3 is 9.47 Å². The summed E-state index contributed by atoms with van der Waals surface area (Å²) in [6.45, 7) is 0. The summed E-state index contributed by atoms with van der Waals surface area (Å²) < 4.78 is 9.98. The van der Waals surface area contributed by atoms with Crippen molar-refractivity contribution in [3.05, 3.63) is 29.8 Å². The van der Waals surface area contributed by atoms with Crippen molar-refractivity contribution in [3.63, 3.8) is 0 Å². The van der Waals surface area contributed by atoms with E-state index in [1.54, 1.807) is 7.11 Å². The van der Waals surface area contributed by atoms with Crippen LogP contribution in [0.1, 0.15) is 12.0 Å². The fourth-order valence-corrected chi connectivity index (χ4v) is 1.50. The van der Waals surface area contributed by atoms with Crippen molar-refractivity contribution < 1.29 is 14.3 Å². The molecule has 0 aromatic heterocycles. The average molecular weight is 192 g/mol. The van der Waals surface area contributed by atoms with E-state index in [4.69, 9.17) is 9.47 Å². The molecule has 2 rings (SSSR count). The van der Waals surface area contributed by atoms with Crippen LogP contribution < -0.4 is 4.74 Å². The summed E-state index contributed by atoms with van der Waals surface area (Å²) in [7, 11) is 1.64. The standard InChI is InChI=1S/C11H12O3/c1-13-9-4-2-8(3-5-9)6-10-7-11(12)14-10/h2-5,10H,6-7H2,1H3/t10-/m1/s1. The van der Waals surface area contributed by atoms with Crippen LogP contribution in [-0.2, 0) is 16.0 Å². The lowest BCUT2D eigenvalue weighted by molar-refractivity contribution is -0.169. The number of hydrogen-bond acceptors (Lipinski definition) is 3. The van der Waals surface area contributed by atoms with Gasteiger partial charge in [0.2, 0.25) is 0 Å². The first-order valence-corrected chi connectivity index (χ1v) is 4.60. The van der Waals surface area contributed by atoms with Gasteiger partial charge in [0.05, 0.1) is 13.5 Å². The van der Waals surface area contributed by atoms with E-state index in [0.29, 0.717) is 6.42 Å². The van der Waals surface area contributed by atoms with E-state index < -0.39 is 0 Å². The maximum absolute atomic E-state index is 10.6. The Labute approximate surface area is 82.6 Å². The molecule has 0 aliphatic carbocycles. The normalized spacial score (nSPS) is 19.8. The lowest BCUT2D eigenvalue weighted by atomic mass is 10.0. The molecule has 3 heteroatoms. The smallest absolute Gasteiger partial charge is 0.309 e. The molecule has 0 saturated carbocycles. The third-order valence-corrected chi connectivity index (χ3v) is 2.31. The van der Waals surface area contributed by atoms with Gasteiger partial charge in [-0.3, -0.25) is 4.79 Å². The number of benzene rings is 1. The summed E-state index contributed by atoms with van der Waals surface area (Å²) in [5.74, 6) is 0.753. The lowest BCUT2D eigenvalue weighted by Gasteiger charge is -2.25. The van der Waals surface area contributed by atoms with Gasteiger partial charge in [0.1, 0.15) is 11.9 Å². The predicted molar refractivity (Wildman–Crippen MR) is 51.2 cm³/mol. The van der Waals surface area contributed by atoms with E-state index in [9.17, 15) is 4.79 Å². The van der Waals surface area contributed by atoms with Crippen molar-refractivity contribution in [2.24, 2.45) is 0 Å². The number of ether oxygens (including phenoxy) is 2. The predicted octanol–water partition coefficient (Wildman–Crippen LogP) is 1.55. The molecule has 3 nitrogen and oxygen atoms in total. The van der Waals surface area contributed by atoms with Gasteiger partial charge in [0.25, 0.3) is 0 Å². The monoisotopic (exact) mass is 192 g/mol. The Bertz CT molecular complexity index is 321. The van der Waals surface area contributed by atoms with Crippen LogP contribution in [0.25, 0.3) is 0 Å². The second kappa shape index (κ2) is 3.70. The number of hydrogen-bond donors (Lipinski definition) is 0. The first-order chi connectivity index (χ1) is 6.78. The molecule has 0 spiro atoms. The van der Waals surface area contributed by atoms with E-state index >= 15 is 0 Å². The zero-order valence-corrected chi connectivity index (χ0v) is 8.03. The molecule has 0 N–H and O–H groups in total. The second-order valence-electron chi connectivity index (χ2n) is 3.37. The van der Waals surface area contributed by atoms with Gasteiger partial charge in [-0.25, -0.2) is 0 Å². The van der Waals surface area contributed by atoms with Crippen LogP contribution in [0.3, 0.4) is 0 Å². The Morgan fingerprint density at radius 3 is 2.57 bits per heavy atom. The van der Waals surface area contributed by atoms with E-state index in [1.807, 2.05) is 24.3 Å². The van der Waals surface area contributed by atoms with E-state index in [0.717, 1.165) is 12.2 Å². The third kappa shape index (κ3) is 1.87. The van der Waals surface area contributed by atoms with Gasteiger partial charge >= 0.3 is 5.97 Å². The molecule has 1 saturated heterocycles. The minimum Gasteiger partial charge on any atom is -0.497 e. The minimum atomic E-state index is -0.0940. The number of rotatable bonds is 3. The Balaban J connectivity index is 1.93. The van der Waals surface area contributed by atoms with Gasteiger partial charge in [0, 0.05) is 6.42 Å². The van der Waals surface area contributed by atoms with Crippen molar-refractivity contribution >= 4 is 5.97 Å². The molecule has 1 heterocycles. The molecule has 1 aromatic rings. The Morgan fingerprint density at radius 1 is 1.43 bits per heavy atom. The number of esters is 1. The zero-order chi connectivity index (χ0) is 9.97. The summed E-state index contributed by atoms with van der Waals surface area (Å²) in [5, 5.41) is 0. The van der Waals surface area contributed by atoms with Gasteiger partial charge in [-0.1, -0.05) is 12.1 Å². The minimum absolute atomic E-state index is 0.0795. The Morgan fingerprint density at radius 2 is 2.07 bits per heavy atom. The topological polar surface area (TPSA) is 35.5 Å². The highest BCUT2D eigenvalue weighted by Gasteiger charge is 2.28. The molecular weight excluding hydrogens is 180 g/mol. The largest absolute Gasteiger partial charge is 0.497 e. The average Bonchev–Trinajstić information content (AvgIpc) is 2.17. The number of methoxy groups -OCH3 is 1. The quantitative estimate of drug-likeness (QED) is 0.682. The van der Waals surface area contributed by atoms with Crippen molar-refractivity contribution in [2.75, 3.05) is 7.11 Å². The van der Waals surface area contributed by atoms with Crippen LogP contribution in [0.2, 0.25) is 0 Å². The molecule has 14 heavy (non-hydrogen) atoms. The molecule has 1 aromatic carbocycles. The second-order valence-corrected chi connectivity index (χ2v) is 3.37. The van der Waals surface area contributed by atoms with E-state index in [-0.39, 0.29) is 12.1 Å². The number of carbonyl (C=O) groups is 1. The first-order valence-electron chi connectivity index (χ1n) is 4.60. The van der Waals surface area contributed by atoms with Gasteiger partial charge in [-0.05, 0) is 17.7 Å². The van der Waals surface area contributed by atoms with Crippen LogP contribution in [0.5, 0.6) is 5.75 Å². The molecular formula is C11H12O3. The SMILES string of the molecule is COc1ccc(C[C@@H]2CC(=O)O2)cc1. The molecule has 0 amide bonds. The van der Waals surface area contributed by atoms with Crippen molar-refractivity contribution in [1.82, 2.24) is 0 Å². The molecule has 74 valence electrons. The molecule has 1 atom stereocenters. The highest BCUT2D eigenvalue weighted by molar-refractivity contribution is 5.75. The van der Waals surface area contributed by atoms with Crippen molar-refractivity contribution in [1.29, 1.82) is 0 Å². The van der Waals surface area contributed by atoms with Crippen LogP contribution in [-0.4, -0.2) is 19.2 Å². The van der Waals surface area contributed by atoms with Crippen LogP contribution in [0.15, 0.2) is 24.3 Å². The molecule has 0 bridgehead atoms. The summed E-state index contributed by atoms with van der Waals surface area (Å²) in [6.07, 6.45) is 1.43. The maximum atomic E-state index is 10.6. The van der Waals surface area contributed by atoms with Gasteiger partial charge in [-0.2, -0.15) is 0 Å². The van der Waals surface area contributed by atoms with Gasteiger partial charge in [-0.15, -0.1) is 0 Å². The Hall–Kier alpha value is -1.51. The fraction of sp³-hybridized carbons (Fsp3) is 0.364. The molecule has 1 aliphatic heterocycles. The third-order valence-electron chi connectivity index (χ3n) is 2.31. The first kappa shape index (κ1) is 9.06. The molecule has 1 aliphatic rings. The molecule has 1 fully saturated rings. The van der Waals surface area contributed by atoms with Crippen molar-refractivity contribution in [3.8, 4) is 5.75 Å². The fourth-order valence-electron chi connectivity index (χ4n) is 1.50. The number of cyclic esters (lactones) is 1. The molecule has 0 unspecified atom stereocenters. The zero-order valence-electron chi connectivity index (χ0n) is 8.03.